The van der Waals surface area contributed by atoms with Crippen molar-refractivity contribution >= 4 is 0 Å². The van der Waals surface area contributed by atoms with E-state index in [0.717, 1.165) is 0 Å². The summed E-state index contributed by atoms with van der Waals surface area (Å²) >= 11 is 0. The van der Waals surface area contributed by atoms with E-state index in [0.29, 0.717) is 11.3 Å². The van der Waals surface area contributed by atoms with Crippen molar-refractivity contribution < 1.29 is 8.78 Å². The summed E-state index contributed by atoms with van der Waals surface area (Å²) in [6.45, 7) is 0. The highest BCUT2D eigenvalue weighted by Gasteiger charge is 2.15. The van der Waals surface area contributed by atoms with Crippen LogP contribution in [0.1, 0.15) is 5.56 Å². The lowest BCUT2D eigenvalue weighted by molar-refractivity contribution is 0.628. The minimum Gasteiger partial charge on any atom is -0.321 e. The van der Waals surface area contributed by atoms with Gasteiger partial charge in [-0.1, -0.05) is 18.2 Å². The number of halogens is 2. The molecule has 0 spiro atoms. The molecule has 0 unspecified atom stereocenters. The number of rotatable bonds is 2. The molecule has 1 N–H and O–H groups in total. The van der Waals surface area contributed by atoms with E-state index in [-0.39, 0.29) is 16.7 Å². The van der Waals surface area contributed by atoms with Crippen molar-refractivity contribution in [1.29, 1.82) is 5.26 Å². The van der Waals surface area contributed by atoms with Crippen molar-refractivity contribution in [2.45, 2.75) is 0 Å². The molecule has 5 heteroatoms. The molecule has 3 rings (SSSR count). The molecule has 0 aliphatic rings. The van der Waals surface area contributed by atoms with Crippen LogP contribution in [0.25, 0.3) is 22.4 Å². The van der Waals surface area contributed by atoms with E-state index in [1.807, 2.05) is 0 Å². The van der Waals surface area contributed by atoms with Gasteiger partial charge in [0.1, 0.15) is 23.3 Å². The Morgan fingerprint density at radius 2 is 1.65 bits per heavy atom. The highest BCUT2D eigenvalue weighted by atomic mass is 19.1. The Kier molecular flexibility index (Phi) is 3.73. The first-order chi connectivity index (χ1) is 11.1. The molecule has 0 atom stereocenters. The summed E-state index contributed by atoms with van der Waals surface area (Å²) in [6, 6.07) is 14.7. The second-order valence-electron chi connectivity index (χ2n) is 4.90. The number of hydrogen-bond acceptors (Lipinski definition) is 2. The summed E-state index contributed by atoms with van der Waals surface area (Å²) in [6.07, 6.45) is 0. The fraction of sp³-hybridized carbons (Fsp3) is 0. The van der Waals surface area contributed by atoms with Crippen LogP contribution < -0.4 is 5.56 Å². The minimum absolute atomic E-state index is 0.165. The topological polar surface area (TPSA) is 56.6 Å². The number of aromatic nitrogens is 1. The van der Waals surface area contributed by atoms with Gasteiger partial charge in [0, 0.05) is 16.8 Å². The van der Waals surface area contributed by atoms with Crippen LogP contribution in [0.3, 0.4) is 0 Å². The first-order valence-electron chi connectivity index (χ1n) is 6.78. The predicted octanol–water partition coefficient (Wildman–Crippen LogP) is 3.86. The van der Waals surface area contributed by atoms with Crippen LogP contribution in [0.5, 0.6) is 0 Å². The van der Waals surface area contributed by atoms with Gasteiger partial charge in [0.2, 0.25) is 0 Å². The molecule has 1 heterocycles. The Balaban J connectivity index is 2.27. The van der Waals surface area contributed by atoms with Crippen LogP contribution in [0.4, 0.5) is 8.78 Å². The van der Waals surface area contributed by atoms with Crippen molar-refractivity contribution in [2.75, 3.05) is 0 Å². The van der Waals surface area contributed by atoms with E-state index in [1.165, 1.54) is 48.5 Å². The van der Waals surface area contributed by atoms with Crippen molar-refractivity contribution in [3.63, 3.8) is 0 Å². The second kappa shape index (κ2) is 5.85. The third-order valence-electron chi connectivity index (χ3n) is 3.46. The summed E-state index contributed by atoms with van der Waals surface area (Å²) in [5.74, 6) is -0.932. The Morgan fingerprint density at radius 3 is 2.30 bits per heavy atom. The van der Waals surface area contributed by atoms with Crippen LogP contribution in [0.15, 0.2) is 59.4 Å². The highest BCUT2D eigenvalue weighted by Crippen LogP contribution is 2.28. The van der Waals surface area contributed by atoms with Crippen molar-refractivity contribution in [1.82, 2.24) is 4.98 Å². The number of nitrogens with one attached hydrogen (secondary N) is 1. The van der Waals surface area contributed by atoms with Crippen LogP contribution in [-0.2, 0) is 0 Å². The molecule has 0 bridgehead atoms. The van der Waals surface area contributed by atoms with Gasteiger partial charge in [0.15, 0.2) is 0 Å². The summed E-state index contributed by atoms with van der Waals surface area (Å²) in [5, 5.41) is 9.21. The van der Waals surface area contributed by atoms with Crippen LogP contribution in [0, 0.1) is 23.0 Å². The first-order valence-corrected chi connectivity index (χ1v) is 6.78. The lowest BCUT2D eigenvalue weighted by atomic mass is 9.98. The zero-order valence-corrected chi connectivity index (χ0v) is 11.8. The largest absolute Gasteiger partial charge is 0.321 e. The van der Waals surface area contributed by atoms with Crippen molar-refractivity contribution in [3.8, 4) is 28.5 Å². The third-order valence-corrected chi connectivity index (χ3v) is 3.46. The van der Waals surface area contributed by atoms with E-state index in [2.05, 4.69) is 4.98 Å². The van der Waals surface area contributed by atoms with Crippen LogP contribution in [0.2, 0.25) is 0 Å². The summed E-state index contributed by atoms with van der Waals surface area (Å²) < 4.78 is 27.1. The van der Waals surface area contributed by atoms with E-state index < -0.39 is 17.2 Å². The first kappa shape index (κ1) is 14.7. The standard InChI is InChI=1S/C18H10F2N2O/c19-12-7-5-11(6-8-12)17-9-14(15(10-21)18(23)22-17)13-3-1-2-4-16(13)20/h1-9H,(H,22,23). The Hall–Kier alpha value is -3.26. The molecule has 0 saturated carbocycles. The molecule has 0 aliphatic carbocycles. The highest BCUT2D eigenvalue weighted by molar-refractivity contribution is 5.75. The van der Waals surface area contributed by atoms with Crippen LogP contribution >= 0.6 is 0 Å². The molecule has 1 aromatic heterocycles. The average Bonchev–Trinajstić information content (AvgIpc) is 2.55. The molecular formula is C18H10F2N2O. The van der Waals surface area contributed by atoms with Gasteiger partial charge in [-0.05, 0) is 42.0 Å². The second-order valence-corrected chi connectivity index (χ2v) is 4.90. The molecule has 0 fully saturated rings. The lowest BCUT2D eigenvalue weighted by Crippen LogP contribution is -2.13. The maximum absolute atomic E-state index is 14.0. The monoisotopic (exact) mass is 308 g/mol. The number of pyridine rings is 1. The van der Waals surface area contributed by atoms with Gasteiger partial charge >= 0.3 is 0 Å². The van der Waals surface area contributed by atoms with Crippen molar-refractivity contribution in [3.05, 3.63) is 82.1 Å². The minimum atomic E-state index is -0.618. The van der Waals surface area contributed by atoms with Gasteiger partial charge in [-0.2, -0.15) is 5.26 Å². The summed E-state index contributed by atoms with van der Waals surface area (Å²) in [4.78, 5) is 14.7. The molecule has 112 valence electrons. The SMILES string of the molecule is N#Cc1c(-c2ccccc2F)cc(-c2ccc(F)cc2)[nH]c1=O. The number of H-pyrrole nitrogens is 1. The molecule has 0 amide bonds. The average molecular weight is 308 g/mol. The maximum Gasteiger partial charge on any atom is 0.266 e. The fourth-order valence-corrected chi connectivity index (χ4v) is 2.35. The Morgan fingerprint density at radius 1 is 0.957 bits per heavy atom. The fourth-order valence-electron chi connectivity index (χ4n) is 2.35. The van der Waals surface area contributed by atoms with Gasteiger partial charge < -0.3 is 4.98 Å². The molecule has 3 aromatic rings. The zero-order valence-electron chi connectivity index (χ0n) is 11.8. The number of benzene rings is 2. The molecule has 0 saturated heterocycles. The Labute approximate surface area is 130 Å². The van der Waals surface area contributed by atoms with Gasteiger partial charge in [-0.15, -0.1) is 0 Å². The molecule has 0 radical (unpaired) electrons. The molecule has 23 heavy (non-hydrogen) atoms. The van der Waals surface area contributed by atoms with Gasteiger partial charge in [-0.25, -0.2) is 8.78 Å². The quantitative estimate of drug-likeness (QED) is 0.781. The van der Waals surface area contributed by atoms with E-state index in [1.54, 1.807) is 12.1 Å². The third kappa shape index (κ3) is 2.74. The van der Waals surface area contributed by atoms with Crippen LogP contribution in [-0.4, -0.2) is 4.98 Å². The molecule has 3 nitrogen and oxygen atoms in total. The van der Waals surface area contributed by atoms with E-state index >= 15 is 0 Å². The normalized spacial score (nSPS) is 10.3. The van der Waals surface area contributed by atoms with Crippen molar-refractivity contribution in [2.24, 2.45) is 0 Å². The number of hydrogen-bond donors (Lipinski definition) is 1. The maximum atomic E-state index is 14.0. The smallest absolute Gasteiger partial charge is 0.266 e. The van der Waals surface area contributed by atoms with Gasteiger partial charge in [0.25, 0.3) is 5.56 Å². The summed E-state index contributed by atoms with van der Waals surface area (Å²) in [7, 11) is 0. The van der Waals surface area contributed by atoms with Gasteiger partial charge in [-0.3, -0.25) is 4.79 Å². The number of nitriles is 1. The molecule has 0 aliphatic heterocycles. The predicted molar refractivity (Wildman–Crippen MR) is 82.6 cm³/mol. The number of nitrogens with zero attached hydrogens (tertiary/aromatic N) is 1. The Bertz CT molecular complexity index is 970. The molecular weight excluding hydrogens is 298 g/mol. The number of aromatic amines is 1. The van der Waals surface area contributed by atoms with E-state index in [4.69, 9.17) is 0 Å². The van der Waals surface area contributed by atoms with Gasteiger partial charge in [0.05, 0.1) is 0 Å². The zero-order chi connectivity index (χ0) is 16.4. The summed E-state index contributed by atoms with van der Waals surface area (Å²) in [5.41, 5.74) is 0.526. The lowest BCUT2D eigenvalue weighted by Gasteiger charge is -2.09. The molecule has 2 aromatic carbocycles. The van der Waals surface area contributed by atoms with E-state index in [9.17, 15) is 18.8 Å².